The molecule has 0 spiro atoms. The van der Waals surface area contributed by atoms with E-state index in [4.69, 9.17) is 11.6 Å². The molecular formula is C18H18ClN3O2. The fourth-order valence-electron chi connectivity index (χ4n) is 2.71. The van der Waals surface area contributed by atoms with Crippen LogP contribution in [-0.4, -0.2) is 29.4 Å². The van der Waals surface area contributed by atoms with Crippen molar-refractivity contribution in [1.82, 2.24) is 10.2 Å². The van der Waals surface area contributed by atoms with E-state index < -0.39 is 0 Å². The van der Waals surface area contributed by atoms with Gasteiger partial charge >= 0.3 is 6.03 Å². The van der Waals surface area contributed by atoms with Crippen molar-refractivity contribution >= 4 is 29.2 Å². The topological polar surface area (TPSA) is 61.4 Å². The van der Waals surface area contributed by atoms with Crippen LogP contribution in [0.5, 0.6) is 0 Å². The van der Waals surface area contributed by atoms with Gasteiger partial charge in [0.15, 0.2) is 0 Å². The zero-order chi connectivity index (χ0) is 16.9. The van der Waals surface area contributed by atoms with E-state index in [2.05, 4.69) is 10.6 Å². The molecule has 0 radical (unpaired) electrons. The maximum atomic E-state index is 12.1. The molecule has 1 unspecified atom stereocenters. The first-order chi connectivity index (χ1) is 11.6. The quantitative estimate of drug-likeness (QED) is 0.895. The maximum absolute atomic E-state index is 12.1. The van der Waals surface area contributed by atoms with Crippen LogP contribution in [0.1, 0.15) is 12.0 Å². The molecule has 0 saturated carbocycles. The second-order valence-corrected chi connectivity index (χ2v) is 6.20. The fraction of sp³-hybridized carbons (Fsp3) is 0.222. The molecule has 1 saturated heterocycles. The van der Waals surface area contributed by atoms with E-state index in [-0.39, 0.29) is 18.0 Å². The summed E-state index contributed by atoms with van der Waals surface area (Å²) < 4.78 is 0. The minimum atomic E-state index is -0.323. The molecule has 0 bridgehead atoms. The molecule has 5 nitrogen and oxygen atoms in total. The second-order valence-electron chi connectivity index (χ2n) is 5.77. The van der Waals surface area contributed by atoms with Crippen LogP contribution in [-0.2, 0) is 11.3 Å². The number of benzene rings is 2. The highest BCUT2D eigenvalue weighted by atomic mass is 35.5. The maximum Gasteiger partial charge on any atom is 0.319 e. The molecule has 2 aromatic carbocycles. The molecular weight excluding hydrogens is 326 g/mol. The third kappa shape index (κ3) is 4.26. The number of urea groups is 1. The number of nitrogens with zero attached hydrogens (tertiary/aromatic N) is 1. The second kappa shape index (κ2) is 7.36. The lowest BCUT2D eigenvalue weighted by Crippen LogP contribution is -2.39. The number of amides is 3. The summed E-state index contributed by atoms with van der Waals surface area (Å²) in [5.74, 6) is 0.0515. The first kappa shape index (κ1) is 16.3. The van der Waals surface area contributed by atoms with Crippen LogP contribution in [0.4, 0.5) is 10.5 Å². The summed E-state index contributed by atoms with van der Waals surface area (Å²) in [6, 6.07) is 16.2. The van der Waals surface area contributed by atoms with Crippen molar-refractivity contribution in [2.24, 2.45) is 0 Å². The summed E-state index contributed by atoms with van der Waals surface area (Å²) >= 11 is 5.81. The summed E-state index contributed by atoms with van der Waals surface area (Å²) in [6.45, 7) is 1.08. The van der Waals surface area contributed by atoms with Crippen molar-refractivity contribution in [3.63, 3.8) is 0 Å². The number of nitrogens with one attached hydrogen (secondary N) is 2. The van der Waals surface area contributed by atoms with Gasteiger partial charge in [-0.25, -0.2) is 4.79 Å². The van der Waals surface area contributed by atoms with Crippen molar-refractivity contribution in [3.8, 4) is 0 Å². The van der Waals surface area contributed by atoms with E-state index in [0.717, 1.165) is 5.56 Å². The molecule has 1 atom stereocenters. The lowest BCUT2D eigenvalue weighted by Gasteiger charge is -2.17. The van der Waals surface area contributed by atoms with Crippen LogP contribution < -0.4 is 10.6 Å². The molecule has 3 rings (SSSR count). The van der Waals surface area contributed by atoms with Gasteiger partial charge < -0.3 is 15.5 Å². The minimum Gasteiger partial charge on any atom is -0.336 e. The SMILES string of the molecule is O=C(Nc1ccc(Cl)cc1)NC1CC(=O)N(Cc2ccccc2)C1. The van der Waals surface area contributed by atoms with E-state index in [1.165, 1.54) is 0 Å². The van der Waals surface area contributed by atoms with Crippen molar-refractivity contribution in [3.05, 3.63) is 65.2 Å². The predicted octanol–water partition coefficient (Wildman–Crippen LogP) is 3.26. The Morgan fingerprint density at radius 3 is 2.54 bits per heavy atom. The molecule has 1 heterocycles. The van der Waals surface area contributed by atoms with Gasteiger partial charge in [-0.3, -0.25) is 4.79 Å². The summed E-state index contributed by atoms with van der Waals surface area (Å²) in [6.07, 6.45) is 0.320. The third-order valence-electron chi connectivity index (χ3n) is 3.87. The number of anilines is 1. The Morgan fingerprint density at radius 1 is 1.12 bits per heavy atom. The van der Waals surface area contributed by atoms with Crippen LogP contribution in [0.25, 0.3) is 0 Å². The molecule has 124 valence electrons. The van der Waals surface area contributed by atoms with Gasteiger partial charge in [0.05, 0.1) is 6.04 Å². The van der Waals surface area contributed by atoms with E-state index >= 15 is 0 Å². The fourth-order valence-corrected chi connectivity index (χ4v) is 2.84. The Kier molecular flexibility index (Phi) is 5.01. The van der Waals surface area contributed by atoms with Crippen molar-refractivity contribution in [1.29, 1.82) is 0 Å². The average Bonchev–Trinajstić information content (AvgIpc) is 2.90. The van der Waals surface area contributed by atoms with Crippen LogP contribution >= 0.6 is 11.6 Å². The Morgan fingerprint density at radius 2 is 1.83 bits per heavy atom. The lowest BCUT2D eigenvalue weighted by atomic mass is 10.2. The van der Waals surface area contributed by atoms with E-state index in [0.29, 0.717) is 30.2 Å². The van der Waals surface area contributed by atoms with Crippen LogP contribution in [0, 0.1) is 0 Å². The van der Waals surface area contributed by atoms with Crippen LogP contribution in [0.2, 0.25) is 5.02 Å². The van der Waals surface area contributed by atoms with Crippen LogP contribution in [0.15, 0.2) is 54.6 Å². The summed E-state index contributed by atoms with van der Waals surface area (Å²) in [7, 11) is 0. The van der Waals surface area contributed by atoms with Gasteiger partial charge in [-0.05, 0) is 29.8 Å². The van der Waals surface area contributed by atoms with Gasteiger partial charge in [-0.2, -0.15) is 0 Å². The highest BCUT2D eigenvalue weighted by molar-refractivity contribution is 6.30. The van der Waals surface area contributed by atoms with Gasteiger partial charge in [0, 0.05) is 30.2 Å². The largest absolute Gasteiger partial charge is 0.336 e. The zero-order valence-corrected chi connectivity index (χ0v) is 13.8. The number of rotatable bonds is 4. The molecule has 2 aromatic rings. The molecule has 0 aromatic heterocycles. The van der Waals surface area contributed by atoms with Gasteiger partial charge in [0.2, 0.25) is 5.91 Å². The molecule has 3 amide bonds. The highest BCUT2D eigenvalue weighted by Crippen LogP contribution is 2.16. The van der Waals surface area contributed by atoms with Gasteiger partial charge in [0.1, 0.15) is 0 Å². The predicted molar refractivity (Wildman–Crippen MR) is 93.9 cm³/mol. The molecule has 0 aliphatic carbocycles. The number of hydrogen-bond donors (Lipinski definition) is 2. The molecule has 1 fully saturated rings. The Hall–Kier alpha value is -2.53. The molecule has 1 aliphatic heterocycles. The van der Waals surface area contributed by atoms with Crippen molar-refractivity contribution in [2.75, 3.05) is 11.9 Å². The zero-order valence-electron chi connectivity index (χ0n) is 13.0. The van der Waals surface area contributed by atoms with Crippen molar-refractivity contribution in [2.45, 2.75) is 19.0 Å². The number of carbonyl (C=O) groups excluding carboxylic acids is 2. The minimum absolute atomic E-state index is 0.0515. The normalized spacial score (nSPS) is 17.0. The Balaban J connectivity index is 1.52. The van der Waals surface area contributed by atoms with E-state index in [9.17, 15) is 9.59 Å². The van der Waals surface area contributed by atoms with Gasteiger partial charge in [0.25, 0.3) is 0 Å². The number of halogens is 1. The summed E-state index contributed by atoms with van der Waals surface area (Å²) in [5.41, 5.74) is 1.74. The van der Waals surface area contributed by atoms with E-state index in [1.807, 2.05) is 30.3 Å². The Bertz CT molecular complexity index is 719. The molecule has 6 heteroatoms. The molecule has 1 aliphatic rings. The van der Waals surface area contributed by atoms with Crippen LogP contribution in [0.3, 0.4) is 0 Å². The number of carbonyl (C=O) groups is 2. The molecule has 2 N–H and O–H groups in total. The lowest BCUT2D eigenvalue weighted by molar-refractivity contribution is -0.128. The monoisotopic (exact) mass is 343 g/mol. The smallest absolute Gasteiger partial charge is 0.319 e. The average molecular weight is 344 g/mol. The first-order valence-electron chi connectivity index (χ1n) is 7.75. The Labute approximate surface area is 145 Å². The summed E-state index contributed by atoms with van der Waals surface area (Å²) in [4.78, 5) is 25.9. The van der Waals surface area contributed by atoms with Crippen molar-refractivity contribution < 1.29 is 9.59 Å². The van der Waals surface area contributed by atoms with Gasteiger partial charge in [-0.1, -0.05) is 41.9 Å². The first-order valence-corrected chi connectivity index (χ1v) is 8.13. The third-order valence-corrected chi connectivity index (χ3v) is 4.12. The summed E-state index contributed by atoms with van der Waals surface area (Å²) in [5, 5.41) is 6.19. The number of likely N-dealkylation sites (tertiary alicyclic amines) is 1. The highest BCUT2D eigenvalue weighted by Gasteiger charge is 2.30. The number of hydrogen-bond acceptors (Lipinski definition) is 2. The van der Waals surface area contributed by atoms with E-state index in [1.54, 1.807) is 29.2 Å². The molecule has 24 heavy (non-hydrogen) atoms. The standard InChI is InChI=1S/C18H18ClN3O2/c19-14-6-8-15(9-7-14)20-18(24)21-16-10-17(23)22(12-16)11-13-4-2-1-3-5-13/h1-9,16H,10-12H2,(H2,20,21,24). The van der Waals surface area contributed by atoms with Gasteiger partial charge in [-0.15, -0.1) is 0 Å².